The number of carbonyl (C=O) groups excluding carboxylic acids is 1. The SMILES string of the molecule is CN(C(=S)NC(=O)c1ccc(Br)cc1)c1ccccc1. The number of hydrogen-bond donors (Lipinski definition) is 1. The van der Waals surface area contributed by atoms with Crippen LogP contribution < -0.4 is 10.2 Å². The van der Waals surface area contributed by atoms with Gasteiger partial charge in [0.05, 0.1) is 0 Å². The van der Waals surface area contributed by atoms with Crippen LogP contribution in [0.3, 0.4) is 0 Å². The molecule has 0 atom stereocenters. The van der Waals surface area contributed by atoms with Crippen LogP contribution in [0.15, 0.2) is 59.1 Å². The maximum atomic E-state index is 12.1. The zero-order valence-electron chi connectivity index (χ0n) is 10.8. The van der Waals surface area contributed by atoms with E-state index in [9.17, 15) is 4.79 Å². The van der Waals surface area contributed by atoms with Crippen molar-refractivity contribution in [2.24, 2.45) is 0 Å². The van der Waals surface area contributed by atoms with Crippen LogP contribution in [0.5, 0.6) is 0 Å². The third-order valence-corrected chi connectivity index (χ3v) is 3.68. The normalized spacial score (nSPS) is 9.90. The molecule has 5 heteroatoms. The molecule has 0 fully saturated rings. The summed E-state index contributed by atoms with van der Waals surface area (Å²) < 4.78 is 0.929. The number of anilines is 1. The van der Waals surface area contributed by atoms with E-state index < -0.39 is 0 Å². The second-order valence-corrected chi connectivity index (χ2v) is 5.46. The van der Waals surface area contributed by atoms with Gasteiger partial charge < -0.3 is 4.90 Å². The van der Waals surface area contributed by atoms with Gasteiger partial charge in [-0.2, -0.15) is 0 Å². The molecule has 2 rings (SSSR count). The van der Waals surface area contributed by atoms with Gasteiger partial charge in [-0.25, -0.2) is 0 Å². The lowest BCUT2D eigenvalue weighted by molar-refractivity contribution is 0.0977. The smallest absolute Gasteiger partial charge is 0.257 e. The molecule has 0 radical (unpaired) electrons. The van der Waals surface area contributed by atoms with Crippen LogP contribution in [0.1, 0.15) is 10.4 Å². The van der Waals surface area contributed by atoms with Gasteiger partial charge in [-0.3, -0.25) is 10.1 Å². The summed E-state index contributed by atoms with van der Waals surface area (Å²) in [6.45, 7) is 0. The first-order chi connectivity index (χ1) is 9.58. The number of rotatable bonds is 2. The quantitative estimate of drug-likeness (QED) is 0.841. The fraction of sp³-hybridized carbons (Fsp3) is 0.0667. The first-order valence-corrected chi connectivity index (χ1v) is 7.17. The van der Waals surface area contributed by atoms with Gasteiger partial charge in [0.2, 0.25) is 0 Å². The number of nitrogens with one attached hydrogen (secondary N) is 1. The molecule has 0 aliphatic rings. The summed E-state index contributed by atoms with van der Waals surface area (Å²) in [5, 5.41) is 3.08. The number of thiocarbonyl (C=S) groups is 1. The van der Waals surface area contributed by atoms with Crippen LogP contribution >= 0.6 is 28.1 Å². The highest BCUT2D eigenvalue weighted by Crippen LogP contribution is 2.12. The number of halogens is 1. The van der Waals surface area contributed by atoms with Gasteiger partial charge in [-0.15, -0.1) is 0 Å². The van der Waals surface area contributed by atoms with Crippen LogP contribution in [0, 0.1) is 0 Å². The summed E-state index contributed by atoms with van der Waals surface area (Å²) in [6, 6.07) is 16.7. The molecule has 0 saturated carbocycles. The molecule has 0 heterocycles. The van der Waals surface area contributed by atoms with Gasteiger partial charge in [-0.05, 0) is 48.6 Å². The Morgan fingerprint density at radius 1 is 1.10 bits per heavy atom. The van der Waals surface area contributed by atoms with E-state index in [1.54, 1.807) is 17.0 Å². The van der Waals surface area contributed by atoms with Gasteiger partial charge in [0.25, 0.3) is 5.91 Å². The van der Waals surface area contributed by atoms with Crippen LogP contribution in [0.4, 0.5) is 5.69 Å². The minimum Gasteiger partial charge on any atom is -0.322 e. The lowest BCUT2D eigenvalue weighted by atomic mass is 10.2. The number of hydrogen-bond acceptors (Lipinski definition) is 2. The Morgan fingerprint density at radius 2 is 1.70 bits per heavy atom. The van der Waals surface area contributed by atoms with Crippen molar-refractivity contribution < 1.29 is 4.79 Å². The van der Waals surface area contributed by atoms with Crippen molar-refractivity contribution in [3.63, 3.8) is 0 Å². The number of benzene rings is 2. The molecule has 1 amide bonds. The number of carbonyl (C=O) groups is 1. The molecule has 0 aromatic heterocycles. The fourth-order valence-corrected chi connectivity index (χ4v) is 2.09. The second kappa shape index (κ2) is 6.63. The Hall–Kier alpha value is -1.72. The Bertz CT molecular complexity index is 614. The molecular formula is C15H13BrN2OS. The molecule has 102 valence electrons. The van der Waals surface area contributed by atoms with Gasteiger partial charge in [-0.1, -0.05) is 34.1 Å². The van der Waals surface area contributed by atoms with Gasteiger partial charge in [0, 0.05) is 22.8 Å². The monoisotopic (exact) mass is 348 g/mol. The van der Waals surface area contributed by atoms with Crippen molar-refractivity contribution in [2.45, 2.75) is 0 Å². The molecule has 2 aromatic rings. The zero-order chi connectivity index (χ0) is 14.5. The number of para-hydroxylation sites is 1. The van der Waals surface area contributed by atoms with E-state index in [0.717, 1.165) is 10.2 Å². The summed E-state index contributed by atoms with van der Waals surface area (Å²) >= 11 is 8.58. The molecule has 0 unspecified atom stereocenters. The minimum atomic E-state index is -0.217. The summed E-state index contributed by atoms with van der Waals surface area (Å²) in [5.74, 6) is -0.217. The Labute approximate surface area is 131 Å². The van der Waals surface area contributed by atoms with E-state index in [0.29, 0.717) is 10.7 Å². The Morgan fingerprint density at radius 3 is 2.30 bits per heavy atom. The third kappa shape index (κ3) is 3.65. The molecule has 1 N–H and O–H groups in total. The van der Waals surface area contributed by atoms with Crippen molar-refractivity contribution >= 4 is 44.9 Å². The molecule has 0 spiro atoms. The van der Waals surface area contributed by atoms with E-state index in [2.05, 4.69) is 21.2 Å². The third-order valence-electron chi connectivity index (χ3n) is 2.78. The highest BCUT2D eigenvalue weighted by Gasteiger charge is 2.11. The highest BCUT2D eigenvalue weighted by atomic mass is 79.9. The Balaban J connectivity index is 2.04. The van der Waals surface area contributed by atoms with Crippen molar-refractivity contribution in [3.8, 4) is 0 Å². The summed E-state index contributed by atoms with van der Waals surface area (Å²) in [4.78, 5) is 13.8. The highest BCUT2D eigenvalue weighted by molar-refractivity contribution is 9.10. The van der Waals surface area contributed by atoms with Crippen LogP contribution in [0.25, 0.3) is 0 Å². The molecular weight excluding hydrogens is 336 g/mol. The molecule has 20 heavy (non-hydrogen) atoms. The van der Waals surface area contributed by atoms with Crippen LogP contribution in [-0.4, -0.2) is 18.1 Å². The lowest BCUT2D eigenvalue weighted by Gasteiger charge is -2.20. The van der Waals surface area contributed by atoms with Crippen molar-refractivity contribution in [3.05, 3.63) is 64.6 Å². The minimum absolute atomic E-state index is 0.217. The van der Waals surface area contributed by atoms with Crippen molar-refractivity contribution in [1.29, 1.82) is 0 Å². The number of nitrogens with zero attached hydrogens (tertiary/aromatic N) is 1. The molecule has 0 bridgehead atoms. The fourth-order valence-electron chi connectivity index (χ4n) is 1.62. The molecule has 0 aliphatic heterocycles. The van der Waals surface area contributed by atoms with E-state index >= 15 is 0 Å². The largest absolute Gasteiger partial charge is 0.322 e. The first kappa shape index (κ1) is 14.7. The Kier molecular flexibility index (Phi) is 4.87. The van der Waals surface area contributed by atoms with E-state index in [1.165, 1.54) is 0 Å². The van der Waals surface area contributed by atoms with Crippen molar-refractivity contribution in [2.75, 3.05) is 11.9 Å². The summed E-state index contributed by atoms with van der Waals surface area (Å²) in [7, 11) is 1.82. The molecule has 3 nitrogen and oxygen atoms in total. The molecule has 2 aromatic carbocycles. The van der Waals surface area contributed by atoms with E-state index in [-0.39, 0.29) is 5.91 Å². The molecule has 0 saturated heterocycles. The predicted octanol–water partition coefficient (Wildman–Crippen LogP) is 3.60. The van der Waals surface area contributed by atoms with Gasteiger partial charge >= 0.3 is 0 Å². The molecule has 0 aliphatic carbocycles. The topological polar surface area (TPSA) is 32.3 Å². The van der Waals surface area contributed by atoms with E-state index in [4.69, 9.17) is 12.2 Å². The number of amides is 1. The average molecular weight is 349 g/mol. The van der Waals surface area contributed by atoms with Crippen molar-refractivity contribution in [1.82, 2.24) is 5.32 Å². The standard InChI is InChI=1S/C15H13BrN2OS/c1-18(13-5-3-2-4-6-13)15(20)17-14(19)11-7-9-12(16)10-8-11/h2-10H,1H3,(H,17,19,20). The van der Waals surface area contributed by atoms with Crippen LogP contribution in [0.2, 0.25) is 0 Å². The first-order valence-electron chi connectivity index (χ1n) is 5.97. The zero-order valence-corrected chi connectivity index (χ0v) is 13.2. The van der Waals surface area contributed by atoms with Gasteiger partial charge in [0.1, 0.15) is 0 Å². The maximum Gasteiger partial charge on any atom is 0.257 e. The predicted molar refractivity (Wildman–Crippen MR) is 89.1 cm³/mol. The second-order valence-electron chi connectivity index (χ2n) is 4.16. The average Bonchev–Trinajstić information content (AvgIpc) is 2.48. The van der Waals surface area contributed by atoms with E-state index in [1.807, 2.05) is 49.5 Å². The lowest BCUT2D eigenvalue weighted by Crippen LogP contribution is -2.40. The summed E-state index contributed by atoms with van der Waals surface area (Å²) in [5.41, 5.74) is 1.49. The van der Waals surface area contributed by atoms with Crippen LogP contribution in [-0.2, 0) is 0 Å². The van der Waals surface area contributed by atoms with Gasteiger partial charge in [0.15, 0.2) is 5.11 Å². The summed E-state index contributed by atoms with van der Waals surface area (Å²) in [6.07, 6.45) is 0. The maximum absolute atomic E-state index is 12.1.